The van der Waals surface area contributed by atoms with E-state index in [4.69, 9.17) is 9.15 Å². The van der Waals surface area contributed by atoms with Gasteiger partial charge in [0.15, 0.2) is 0 Å². The summed E-state index contributed by atoms with van der Waals surface area (Å²) in [6.07, 6.45) is 1.59. The summed E-state index contributed by atoms with van der Waals surface area (Å²) in [4.78, 5) is 0.226. The van der Waals surface area contributed by atoms with E-state index in [9.17, 15) is 8.42 Å². The summed E-state index contributed by atoms with van der Waals surface area (Å²) in [5, 5.41) is 3.20. The van der Waals surface area contributed by atoms with Crippen LogP contribution in [0.5, 0.6) is 0 Å². The Morgan fingerprint density at radius 3 is 2.67 bits per heavy atom. The number of hydrogen-bond donors (Lipinski definition) is 2. The Morgan fingerprint density at radius 2 is 2.10 bits per heavy atom. The third-order valence-electron chi connectivity index (χ3n) is 3.65. The van der Waals surface area contributed by atoms with Crippen LogP contribution < -0.4 is 10.0 Å². The van der Waals surface area contributed by atoms with Crippen molar-refractivity contribution in [1.29, 1.82) is 0 Å². The Bertz CT molecular complexity index is 574. The predicted octanol–water partition coefficient (Wildman–Crippen LogP) is 1.54. The van der Waals surface area contributed by atoms with Crippen LogP contribution in [-0.2, 0) is 21.3 Å². The van der Waals surface area contributed by atoms with Gasteiger partial charge in [0.1, 0.15) is 16.4 Å². The first-order valence-corrected chi connectivity index (χ1v) is 8.68. The second-order valence-electron chi connectivity index (χ2n) is 5.82. The molecule has 1 saturated carbocycles. The number of rotatable bonds is 7. The van der Waals surface area contributed by atoms with Crippen molar-refractivity contribution in [3.05, 3.63) is 17.6 Å². The fraction of sp³-hybridized carbons (Fsp3) is 0.714. The largest absolute Gasteiger partial charge is 0.464 e. The van der Waals surface area contributed by atoms with E-state index in [2.05, 4.69) is 10.0 Å². The van der Waals surface area contributed by atoms with E-state index in [0.717, 1.165) is 0 Å². The summed E-state index contributed by atoms with van der Waals surface area (Å²) in [7, 11) is -1.89. The summed E-state index contributed by atoms with van der Waals surface area (Å²) < 4.78 is 38.1. The summed E-state index contributed by atoms with van der Waals surface area (Å²) in [6, 6.07) is 1.86. The average molecular weight is 316 g/mol. The molecule has 0 aromatic carbocycles. The van der Waals surface area contributed by atoms with E-state index in [-0.39, 0.29) is 17.0 Å². The summed E-state index contributed by atoms with van der Waals surface area (Å²) in [5.41, 5.74) is 0. The molecule has 1 aliphatic rings. The van der Waals surface area contributed by atoms with E-state index < -0.39 is 10.0 Å². The number of methoxy groups -OCH3 is 1. The fourth-order valence-electron chi connectivity index (χ4n) is 2.32. The SMILES string of the molecule is COC1CC(NS(=O)(=O)c2cc(CNC(C)C)oc2C)C1. The lowest BCUT2D eigenvalue weighted by Crippen LogP contribution is -2.47. The van der Waals surface area contributed by atoms with Crippen molar-refractivity contribution < 1.29 is 17.6 Å². The van der Waals surface area contributed by atoms with Gasteiger partial charge in [-0.1, -0.05) is 13.8 Å². The highest BCUT2D eigenvalue weighted by molar-refractivity contribution is 7.89. The first-order chi connectivity index (χ1) is 9.81. The lowest BCUT2D eigenvalue weighted by Gasteiger charge is -2.34. The topological polar surface area (TPSA) is 80.6 Å². The smallest absolute Gasteiger partial charge is 0.244 e. The Balaban J connectivity index is 2.02. The van der Waals surface area contributed by atoms with Crippen LogP contribution in [0.2, 0.25) is 0 Å². The molecule has 2 N–H and O–H groups in total. The first kappa shape index (κ1) is 16.5. The highest BCUT2D eigenvalue weighted by Gasteiger charge is 2.33. The number of nitrogens with one attached hydrogen (secondary N) is 2. The van der Waals surface area contributed by atoms with Crippen LogP contribution in [0.1, 0.15) is 38.2 Å². The highest BCUT2D eigenvalue weighted by Crippen LogP contribution is 2.26. The van der Waals surface area contributed by atoms with Gasteiger partial charge in [-0.2, -0.15) is 0 Å². The standard InChI is InChI=1S/C14H24N2O4S/c1-9(2)15-8-13-7-14(10(3)20-13)21(17,18)16-11-5-12(6-11)19-4/h7,9,11-12,15-16H,5-6,8H2,1-4H3. The van der Waals surface area contributed by atoms with Crippen LogP contribution >= 0.6 is 0 Å². The molecule has 21 heavy (non-hydrogen) atoms. The number of aryl methyl sites for hydroxylation is 1. The molecule has 0 saturated heterocycles. The minimum Gasteiger partial charge on any atom is -0.464 e. The molecule has 1 heterocycles. The number of ether oxygens (including phenoxy) is 1. The van der Waals surface area contributed by atoms with Crippen molar-refractivity contribution in [3.63, 3.8) is 0 Å². The van der Waals surface area contributed by atoms with E-state index in [0.29, 0.717) is 36.9 Å². The summed E-state index contributed by atoms with van der Waals surface area (Å²) in [5.74, 6) is 1.05. The van der Waals surface area contributed by atoms with Crippen molar-refractivity contribution in [2.24, 2.45) is 0 Å². The van der Waals surface area contributed by atoms with Crippen LogP contribution in [0.4, 0.5) is 0 Å². The van der Waals surface area contributed by atoms with E-state index >= 15 is 0 Å². The highest BCUT2D eigenvalue weighted by atomic mass is 32.2. The van der Waals surface area contributed by atoms with Crippen LogP contribution in [-0.4, -0.2) is 33.7 Å². The van der Waals surface area contributed by atoms with E-state index in [1.165, 1.54) is 0 Å². The van der Waals surface area contributed by atoms with Crippen molar-refractivity contribution in [2.45, 2.75) is 63.2 Å². The number of hydrogen-bond acceptors (Lipinski definition) is 5. The molecule has 1 aliphatic carbocycles. The first-order valence-electron chi connectivity index (χ1n) is 7.19. The molecule has 6 nitrogen and oxygen atoms in total. The van der Waals surface area contributed by atoms with Gasteiger partial charge >= 0.3 is 0 Å². The van der Waals surface area contributed by atoms with Gasteiger partial charge in [0, 0.05) is 25.3 Å². The lowest BCUT2D eigenvalue weighted by molar-refractivity contribution is 0.0236. The van der Waals surface area contributed by atoms with Gasteiger partial charge in [-0.3, -0.25) is 0 Å². The van der Waals surface area contributed by atoms with Gasteiger partial charge in [0.25, 0.3) is 0 Å². The quantitative estimate of drug-likeness (QED) is 0.797. The molecule has 0 amide bonds. The van der Waals surface area contributed by atoms with Crippen molar-refractivity contribution in [2.75, 3.05) is 7.11 Å². The average Bonchev–Trinajstić information content (AvgIpc) is 2.73. The molecular weight excluding hydrogens is 292 g/mol. The predicted molar refractivity (Wildman–Crippen MR) is 79.6 cm³/mol. The molecule has 0 unspecified atom stereocenters. The Morgan fingerprint density at radius 1 is 1.43 bits per heavy atom. The van der Waals surface area contributed by atoms with Gasteiger partial charge < -0.3 is 14.5 Å². The molecule has 0 radical (unpaired) electrons. The molecule has 0 spiro atoms. The fourth-order valence-corrected chi connectivity index (χ4v) is 3.79. The van der Waals surface area contributed by atoms with Gasteiger partial charge in [-0.25, -0.2) is 13.1 Å². The maximum absolute atomic E-state index is 12.4. The molecule has 0 aliphatic heterocycles. The molecule has 2 rings (SSSR count). The Kier molecular flexibility index (Phi) is 5.08. The molecule has 0 bridgehead atoms. The molecule has 1 aromatic heterocycles. The zero-order valence-corrected chi connectivity index (χ0v) is 13.8. The molecule has 1 fully saturated rings. The maximum atomic E-state index is 12.4. The van der Waals surface area contributed by atoms with Crippen molar-refractivity contribution >= 4 is 10.0 Å². The summed E-state index contributed by atoms with van der Waals surface area (Å²) >= 11 is 0. The lowest BCUT2D eigenvalue weighted by atomic mass is 9.90. The van der Waals surface area contributed by atoms with Crippen LogP contribution in [0.3, 0.4) is 0 Å². The monoisotopic (exact) mass is 316 g/mol. The molecule has 1 aromatic rings. The molecule has 120 valence electrons. The van der Waals surface area contributed by atoms with Crippen molar-refractivity contribution in [1.82, 2.24) is 10.0 Å². The summed E-state index contributed by atoms with van der Waals surface area (Å²) in [6.45, 7) is 6.24. The third-order valence-corrected chi connectivity index (χ3v) is 5.28. The minimum absolute atomic E-state index is 0.0495. The third kappa shape index (κ3) is 4.06. The maximum Gasteiger partial charge on any atom is 0.244 e. The number of furan rings is 1. The molecule has 0 atom stereocenters. The van der Waals surface area contributed by atoms with Crippen LogP contribution in [0, 0.1) is 6.92 Å². The Hall–Kier alpha value is -0.890. The van der Waals surface area contributed by atoms with Crippen LogP contribution in [0.15, 0.2) is 15.4 Å². The minimum atomic E-state index is -3.53. The zero-order valence-electron chi connectivity index (χ0n) is 13.0. The Labute approximate surface area is 126 Å². The second-order valence-corrected chi connectivity index (χ2v) is 7.50. The normalized spacial score (nSPS) is 22.5. The van der Waals surface area contributed by atoms with Crippen LogP contribution in [0.25, 0.3) is 0 Å². The number of sulfonamides is 1. The van der Waals surface area contributed by atoms with E-state index in [1.54, 1.807) is 20.1 Å². The molecular formula is C14H24N2O4S. The van der Waals surface area contributed by atoms with Gasteiger partial charge in [-0.15, -0.1) is 0 Å². The van der Waals surface area contributed by atoms with Gasteiger partial charge in [0.2, 0.25) is 10.0 Å². The van der Waals surface area contributed by atoms with Gasteiger partial charge in [-0.05, 0) is 19.8 Å². The van der Waals surface area contributed by atoms with E-state index in [1.807, 2.05) is 13.8 Å². The zero-order chi connectivity index (χ0) is 15.6. The van der Waals surface area contributed by atoms with Crippen molar-refractivity contribution in [3.8, 4) is 0 Å². The molecule has 7 heteroatoms. The second kappa shape index (κ2) is 6.48. The van der Waals surface area contributed by atoms with Gasteiger partial charge in [0.05, 0.1) is 12.6 Å².